The van der Waals surface area contributed by atoms with E-state index in [0.717, 1.165) is 13.1 Å². The highest BCUT2D eigenvalue weighted by molar-refractivity contribution is 7.89. The molecule has 3 rings (SSSR count). The number of morpholine rings is 1. The Bertz CT molecular complexity index is 828. The molecular formula is C21H33N3O7S. The van der Waals surface area contributed by atoms with Crippen LogP contribution in [0.2, 0.25) is 0 Å². The Labute approximate surface area is 189 Å². The van der Waals surface area contributed by atoms with Crippen molar-refractivity contribution in [1.29, 1.82) is 0 Å². The standard InChI is InChI=1S/C21H33N3O7S/c1-29-16-2-5-18(6-3-16)32(27,28)23-19-7-4-17(31-20(19)15-25)8-9-22-21(26)14-24-10-12-30-13-11-24/h2-3,5-6,17,19-20,23,25H,4,7-15H2,1H3,(H,22,26)/t17-,19+,20+/m1/s1. The van der Waals surface area contributed by atoms with E-state index in [0.29, 0.717) is 51.3 Å². The summed E-state index contributed by atoms with van der Waals surface area (Å²) in [6.07, 6.45) is 0.963. The van der Waals surface area contributed by atoms with Gasteiger partial charge in [-0.1, -0.05) is 0 Å². The van der Waals surface area contributed by atoms with Crippen LogP contribution in [0, 0.1) is 0 Å². The zero-order chi connectivity index (χ0) is 23.0. The fourth-order valence-electron chi connectivity index (χ4n) is 3.89. The lowest BCUT2D eigenvalue weighted by Gasteiger charge is -2.36. The molecule has 0 spiro atoms. The molecule has 1 aromatic rings. The van der Waals surface area contributed by atoms with Crippen molar-refractivity contribution in [2.75, 3.05) is 53.1 Å². The van der Waals surface area contributed by atoms with Crippen LogP contribution in [0.5, 0.6) is 5.75 Å². The maximum absolute atomic E-state index is 12.7. The van der Waals surface area contributed by atoms with Crippen molar-refractivity contribution >= 4 is 15.9 Å². The number of carbonyl (C=O) groups excluding carboxylic acids is 1. The van der Waals surface area contributed by atoms with Crippen LogP contribution in [0.1, 0.15) is 19.3 Å². The molecule has 2 fully saturated rings. The summed E-state index contributed by atoms with van der Waals surface area (Å²) in [5, 5.41) is 12.7. The third kappa shape index (κ3) is 7.12. The first-order chi connectivity index (χ1) is 15.4. The van der Waals surface area contributed by atoms with Gasteiger partial charge in [-0.05, 0) is 43.5 Å². The Balaban J connectivity index is 1.44. The van der Waals surface area contributed by atoms with E-state index in [-0.39, 0.29) is 23.5 Å². The Morgan fingerprint density at radius 3 is 2.59 bits per heavy atom. The molecule has 2 saturated heterocycles. The largest absolute Gasteiger partial charge is 0.497 e. The molecule has 1 aromatic carbocycles. The number of nitrogens with one attached hydrogen (secondary N) is 2. The molecule has 0 radical (unpaired) electrons. The van der Waals surface area contributed by atoms with Gasteiger partial charge in [0.05, 0.1) is 56.6 Å². The topological polar surface area (TPSA) is 126 Å². The predicted molar refractivity (Wildman–Crippen MR) is 117 cm³/mol. The lowest BCUT2D eigenvalue weighted by Crippen LogP contribution is -2.51. The number of ether oxygens (including phenoxy) is 3. The van der Waals surface area contributed by atoms with Crippen LogP contribution in [-0.4, -0.2) is 95.7 Å². The molecule has 0 aromatic heterocycles. The number of rotatable bonds is 10. The normalized spacial score (nSPS) is 24.8. The fraction of sp³-hybridized carbons (Fsp3) is 0.667. The zero-order valence-corrected chi connectivity index (χ0v) is 19.2. The maximum Gasteiger partial charge on any atom is 0.240 e. The molecule has 2 aliphatic rings. The van der Waals surface area contributed by atoms with Crippen LogP contribution in [0.3, 0.4) is 0 Å². The summed E-state index contributed by atoms with van der Waals surface area (Å²) >= 11 is 0. The Morgan fingerprint density at radius 2 is 1.94 bits per heavy atom. The third-order valence-corrected chi connectivity index (χ3v) is 7.24. The molecule has 0 unspecified atom stereocenters. The average Bonchev–Trinajstić information content (AvgIpc) is 2.80. The van der Waals surface area contributed by atoms with Crippen LogP contribution in [0.4, 0.5) is 0 Å². The second-order valence-electron chi connectivity index (χ2n) is 7.99. The van der Waals surface area contributed by atoms with Crippen molar-refractivity contribution in [3.05, 3.63) is 24.3 Å². The minimum Gasteiger partial charge on any atom is -0.497 e. The molecular weight excluding hydrogens is 438 g/mol. The summed E-state index contributed by atoms with van der Waals surface area (Å²) in [6.45, 7) is 3.33. The van der Waals surface area contributed by atoms with E-state index in [4.69, 9.17) is 14.2 Å². The SMILES string of the molecule is COc1ccc(S(=O)(=O)N[C@H]2CC[C@H](CCNC(=O)CN3CCOCC3)O[C@H]2CO)cc1. The first kappa shape index (κ1) is 24.9. The van der Waals surface area contributed by atoms with Crippen molar-refractivity contribution in [3.63, 3.8) is 0 Å². The number of amides is 1. The van der Waals surface area contributed by atoms with E-state index in [1.165, 1.54) is 19.2 Å². The number of hydrogen-bond donors (Lipinski definition) is 3. The van der Waals surface area contributed by atoms with Crippen LogP contribution in [-0.2, 0) is 24.3 Å². The smallest absolute Gasteiger partial charge is 0.240 e. The first-order valence-corrected chi connectivity index (χ1v) is 12.4. The van der Waals surface area contributed by atoms with Crippen LogP contribution in [0.15, 0.2) is 29.2 Å². The number of nitrogens with zero attached hydrogens (tertiary/aromatic N) is 1. The summed E-state index contributed by atoms with van der Waals surface area (Å²) in [5.41, 5.74) is 0. The minimum absolute atomic E-state index is 0.0356. The van der Waals surface area contributed by atoms with E-state index >= 15 is 0 Å². The number of carbonyl (C=O) groups is 1. The van der Waals surface area contributed by atoms with Gasteiger partial charge in [0.25, 0.3) is 0 Å². The van der Waals surface area contributed by atoms with Crippen molar-refractivity contribution in [1.82, 2.24) is 14.9 Å². The van der Waals surface area contributed by atoms with Gasteiger partial charge in [0.15, 0.2) is 0 Å². The highest BCUT2D eigenvalue weighted by Gasteiger charge is 2.34. The predicted octanol–water partition coefficient (Wildman–Crippen LogP) is -0.279. The summed E-state index contributed by atoms with van der Waals surface area (Å²) in [7, 11) is -2.24. The molecule has 0 aliphatic carbocycles. The van der Waals surface area contributed by atoms with Gasteiger partial charge in [-0.25, -0.2) is 13.1 Å². The van der Waals surface area contributed by atoms with Gasteiger partial charge >= 0.3 is 0 Å². The molecule has 3 atom stereocenters. The monoisotopic (exact) mass is 471 g/mol. The molecule has 2 heterocycles. The lowest BCUT2D eigenvalue weighted by molar-refractivity contribution is -0.123. The van der Waals surface area contributed by atoms with Gasteiger partial charge in [0.2, 0.25) is 15.9 Å². The summed E-state index contributed by atoms with van der Waals surface area (Å²) in [5.74, 6) is 0.532. The average molecular weight is 472 g/mol. The fourth-order valence-corrected chi connectivity index (χ4v) is 5.19. The number of methoxy groups -OCH3 is 1. The van der Waals surface area contributed by atoms with E-state index < -0.39 is 22.2 Å². The molecule has 3 N–H and O–H groups in total. The molecule has 0 saturated carbocycles. The molecule has 1 amide bonds. The second-order valence-corrected chi connectivity index (χ2v) is 9.70. The summed E-state index contributed by atoms with van der Waals surface area (Å²) in [6, 6.07) is 5.58. The second kappa shape index (κ2) is 11.9. The van der Waals surface area contributed by atoms with Crippen molar-refractivity contribution in [3.8, 4) is 5.75 Å². The quantitative estimate of drug-likeness (QED) is 0.425. The van der Waals surface area contributed by atoms with Gasteiger partial charge < -0.3 is 24.6 Å². The minimum atomic E-state index is -3.75. The van der Waals surface area contributed by atoms with E-state index in [1.807, 2.05) is 0 Å². The number of benzene rings is 1. The van der Waals surface area contributed by atoms with E-state index in [2.05, 4.69) is 14.9 Å². The molecule has 2 aliphatic heterocycles. The Kier molecular flexibility index (Phi) is 9.26. The number of aliphatic hydroxyl groups is 1. The van der Waals surface area contributed by atoms with Crippen molar-refractivity contribution < 1.29 is 32.5 Å². The lowest BCUT2D eigenvalue weighted by atomic mass is 9.98. The van der Waals surface area contributed by atoms with E-state index in [1.54, 1.807) is 12.1 Å². The highest BCUT2D eigenvalue weighted by atomic mass is 32.2. The van der Waals surface area contributed by atoms with Gasteiger partial charge in [0, 0.05) is 19.6 Å². The number of aliphatic hydroxyl groups excluding tert-OH is 1. The van der Waals surface area contributed by atoms with Crippen LogP contribution < -0.4 is 14.8 Å². The number of sulfonamides is 1. The highest BCUT2D eigenvalue weighted by Crippen LogP contribution is 2.24. The van der Waals surface area contributed by atoms with Gasteiger partial charge in [-0.15, -0.1) is 0 Å². The summed E-state index contributed by atoms with van der Waals surface area (Å²) in [4.78, 5) is 14.3. The Hall–Kier alpha value is -1.76. The molecule has 0 bridgehead atoms. The van der Waals surface area contributed by atoms with Crippen molar-refractivity contribution in [2.45, 2.75) is 42.4 Å². The molecule has 10 nitrogen and oxygen atoms in total. The van der Waals surface area contributed by atoms with Gasteiger partial charge in [-0.3, -0.25) is 9.69 Å². The van der Waals surface area contributed by atoms with Crippen LogP contribution in [0.25, 0.3) is 0 Å². The van der Waals surface area contributed by atoms with Crippen molar-refractivity contribution in [2.24, 2.45) is 0 Å². The third-order valence-electron chi connectivity index (χ3n) is 5.73. The molecule has 180 valence electrons. The maximum atomic E-state index is 12.7. The first-order valence-electron chi connectivity index (χ1n) is 10.9. The molecule has 11 heteroatoms. The van der Waals surface area contributed by atoms with Gasteiger partial charge in [-0.2, -0.15) is 0 Å². The number of hydrogen-bond acceptors (Lipinski definition) is 8. The molecule has 32 heavy (non-hydrogen) atoms. The zero-order valence-electron chi connectivity index (χ0n) is 18.4. The van der Waals surface area contributed by atoms with E-state index in [9.17, 15) is 18.3 Å². The van der Waals surface area contributed by atoms with Crippen LogP contribution >= 0.6 is 0 Å². The summed E-state index contributed by atoms with van der Waals surface area (Å²) < 4.78 is 44.3. The van der Waals surface area contributed by atoms with Gasteiger partial charge in [0.1, 0.15) is 5.75 Å². The Morgan fingerprint density at radius 1 is 1.22 bits per heavy atom.